The number of nitrogens with one attached hydrogen (secondary N) is 2. The predicted octanol–water partition coefficient (Wildman–Crippen LogP) is 5.61. The Morgan fingerprint density at radius 2 is 1.77 bits per heavy atom. The van der Waals surface area contributed by atoms with E-state index >= 15 is 0 Å². The molecule has 0 saturated carbocycles. The fourth-order valence-electron chi connectivity index (χ4n) is 4.00. The van der Waals surface area contributed by atoms with Crippen LogP contribution in [0.3, 0.4) is 0 Å². The van der Waals surface area contributed by atoms with E-state index in [0.29, 0.717) is 10.8 Å². The Kier molecular flexibility index (Phi) is 7.55. The minimum absolute atomic E-state index is 0.0314. The summed E-state index contributed by atoms with van der Waals surface area (Å²) in [6.07, 6.45) is 1.16. The highest BCUT2D eigenvalue weighted by Crippen LogP contribution is 2.35. The Morgan fingerprint density at radius 3 is 2.42 bits per heavy atom. The molecule has 0 aliphatic carbocycles. The summed E-state index contributed by atoms with van der Waals surface area (Å²) >= 11 is 1.50. The number of Topliss-reactive ketones (excluding diaryl/α,β-unsaturated/α-hetero) is 1. The van der Waals surface area contributed by atoms with E-state index in [1.54, 1.807) is 0 Å². The number of rotatable bonds is 6. The minimum Gasteiger partial charge on any atom is -0.444 e. The lowest BCUT2D eigenvalue weighted by Crippen LogP contribution is -2.50. The number of ether oxygens (including phenoxy) is 1. The summed E-state index contributed by atoms with van der Waals surface area (Å²) in [6.45, 7) is 11.5. The van der Waals surface area contributed by atoms with Gasteiger partial charge in [0.1, 0.15) is 5.60 Å². The number of benzene rings is 1. The molecule has 1 atom stereocenters. The summed E-state index contributed by atoms with van der Waals surface area (Å²) < 4.78 is 5.45. The molecule has 1 amide bonds. The predicted molar refractivity (Wildman–Crippen MR) is 127 cm³/mol. The second-order valence-electron chi connectivity index (χ2n) is 9.48. The Bertz CT molecular complexity index is 907. The molecule has 3 rings (SSSR count). The molecule has 1 fully saturated rings. The van der Waals surface area contributed by atoms with Crippen molar-refractivity contribution in [2.75, 3.05) is 13.1 Å². The van der Waals surface area contributed by atoms with E-state index < -0.39 is 17.7 Å². The van der Waals surface area contributed by atoms with Crippen molar-refractivity contribution in [1.82, 2.24) is 10.6 Å². The van der Waals surface area contributed by atoms with Crippen LogP contribution in [0.15, 0.2) is 36.4 Å². The first-order valence-electron chi connectivity index (χ1n) is 11.1. The first kappa shape index (κ1) is 23.5. The Morgan fingerprint density at radius 1 is 1.10 bits per heavy atom. The van der Waals surface area contributed by atoms with Crippen LogP contribution in [-0.4, -0.2) is 36.6 Å². The molecule has 1 aliphatic heterocycles. The van der Waals surface area contributed by atoms with E-state index in [-0.39, 0.29) is 11.7 Å². The highest BCUT2D eigenvalue weighted by molar-refractivity contribution is 7.17. The molecule has 0 radical (unpaired) electrons. The van der Waals surface area contributed by atoms with Gasteiger partial charge in [0.05, 0.1) is 10.9 Å². The van der Waals surface area contributed by atoms with Gasteiger partial charge in [-0.25, -0.2) is 4.79 Å². The zero-order chi connectivity index (χ0) is 22.6. The number of hydrogen-bond donors (Lipinski definition) is 2. The van der Waals surface area contributed by atoms with E-state index in [0.717, 1.165) is 30.8 Å². The second kappa shape index (κ2) is 9.96. The standard InChI is InChI=1S/C25H34N2O3S/c1-16(2)18-8-6-7-9-19(18)20-10-11-21(31-20)23(28)22(17-12-14-26-15-13-17)27-24(29)30-25(3,4)5/h6-11,16-17,22,26H,12-15H2,1-5H3,(H,27,29). The van der Waals surface area contributed by atoms with Gasteiger partial charge in [0, 0.05) is 4.88 Å². The van der Waals surface area contributed by atoms with Gasteiger partial charge in [-0.3, -0.25) is 4.79 Å². The van der Waals surface area contributed by atoms with E-state index in [4.69, 9.17) is 4.74 Å². The van der Waals surface area contributed by atoms with Gasteiger partial charge in [0.2, 0.25) is 0 Å². The number of thiophene rings is 1. The van der Waals surface area contributed by atoms with Gasteiger partial charge >= 0.3 is 6.09 Å². The molecule has 2 aromatic rings. The van der Waals surface area contributed by atoms with Crippen molar-refractivity contribution in [3.05, 3.63) is 46.8 Å². The Hall–Kier alpha value is -2.18. The zero-order valence-corrected chi connectivity index (χ0v) is 20.0. The van der Waals surface area contributed by atoms with Crippen LogP contribution in [0.25, 0.3) is 10.4 Å². The Labute approximate surface area is 189 Å². The maximum atomic E-state index is 13.5. The van der Waals surface area contributed by atoms with Crippen LogP contribution >= 0.6 is 11.3 Å². The van der Waals surface area contributed by atoms with Crippen molar-refractivity contribution in [3.8, 4) is 10.4 Å². The van der Waals surface area contributed by atoms with Crippen molar-refractivity contribution in [3.63, 3.8) is 0 Å². The molecule has 1 aliphatic rings. The lowest BCUT2D eigenvalue weighted by Gasteiger charge is -2.31. The number of alkyl carbamates (subject to hydrolysis) is 1. The lowest BCUT2D eigenvalue weighted by atomic mass is 9.87. The minimum atomic E-state index is -0.609. The molecule has 168 valence electrons. The van der Waals surface area contributed by atoms with Crippen molar-refractivity contribution < 1.29 is 14.3 Å². The maximum Gasteiger partial charge on any atom is 0.408 e. The third kappa shape index (κ3) is 6.17. The van der Waals surface area contributed by atoms with Crippen LogP contribution in [0.5, 0.6) is 0 Å². The number of carbonyl (C=O) groups excluding carboxylic acids is 2. The number of piperidine rings is 1. The molecule has 1 saturated heterocycles. The SMILES string of the molecule is CC(C)c1ccccc1-c1ccc(C(=O)C(NC(=O)OC(C)(C)C)C2CCNCC2)s1. The molecule has 0 spiro atoms. The molecule has 5 nitrogen and oxygen atoms in total. The van der Waals surface area contributed by atoms with Gasteiger partial charge in [0.15, 0.2) is 5.78 Å². The number of carbonyl (C=O) groups is 2. The largest absolute Gasteiger partial charge is 0.444 e. The van der Waals surface area contributed by atoms with Crippen LogP contribution in [0, 0.1) is 5.92 Å². The molecular formula is C25H34N2O3S. The van der Waals surface area contributed by atoms with E-state index in [9.17, 15) is 9.59 Å². The molecule has 1 aromatic carbocycles. The van der Waals surface area contributed by atoms with Gasteiger partial charge in [0.25, 0.3) is 0 Å². The van der Waals surface area contributed by atoms with E-state index in [1.165, 1.54) is 22.5 Å². The average Bonchev–Trinajstić information content (AvgIpc) is 3.21. The number of ketones is 1. The third-order valence-corrected chi connectivity index (χ3v) is 6.64. The van der Waals surface area contributed by atoms with Crippen LogP contribution in [0.2, 0.25) is 0 Å². The van der Waals surface area contributed by atoms with Crippen molar-refractivity contribution in [2.24, 2.45) is 5.92 Å². The van der Waals surface area contributed by atoms with Crippen molar-refractivity contribution in [2.45, 2.75) is 65.0 Å². The second-order valence-corrected chi connectivity index (χ2v) is 10.6. The first-order valence-corrected chi connectivity index (χ1v) is 11.9. The van der Waals surface area contributed by atoms with Gasteiger partial charge in [-0.15, -0.1) is 11.3 Å². The quantitative estimate of drug-likeness (QED) is 0.570. The number of hydrogen-bond acceptors (Lipinski definition) is 5. The van der Waals surface area contributed by atoms with Gasteiger partial charge in [-0.2, -0.15) is 0 Å². The van der Waals surface area contributed by atoms with Crippen molar-refractivity contribution >= 4 is 23.2 Å². The van der Waals surface area contributed by atoms with Crippen LogP contribution < -0.4 is 10.6 Å². The zero-order valence-electron chi connectivity index (χ0n) is 19.2. The summed E-state index contributed by atoms with van der Waals surface area (Å²) in [4.78, 5) is 27.8. The summed E-state index contributed by atoms with van der Waals surface area (Å²) in [5.41, 5.74) is 1.83. The molecule has 2 N–H and O–H groups in total. The van der Waals surface area contributed by atoms with Gasteiger partial charge < -0.3 is 15.4 Å². The fraction of sp³-hybridized carbons (Fsp3) is 0.520. The van der Waals surface area contributed by atoms with Gasteiger partial charge in [-0.05, 0) is 81.8 Å². The van der Waals surface area contributed by atoms with E-state index in [2.05, 4.69) is 42.7 Å². The first-order chi connectivity index (χ1) is 14.7. The molecule has 2 heterocycles. The topological polar surface area (TPSA) is 67.4 Å². The Balaban J connectivity index is 1.85. The van der Waals surface area contributed by atoms with Crippen molar-refractivity contribution in [1.29, 1.82) is 0 Å². The summed E-state index contributed by atoms with van der Waals surface area (Å²) in [7, 11) is 0. The number of amides is 1. The summed E-state index contributed by atoms with van der Waals surface area (Å²) in [5.74, 6) is 0.458. The van der Waals surface area contributed by atoms with Crippen LogP contribution in [0.1, 0.15) is 68.6 Å². The van der Waals surface area contributed by atoms with Gasteiger partial charge in [-0.1, -0.05) is 38.1 Å². The maximum absolute atomic E-state index is 13.5. The average molecular weight is 443 g/mol. The highest BCUT2D eigenvalue weighted by Gasteiger charge is 2.33. The normalized spacial score (nSPS) is 16.2. The molecule has 0 bridgehead atoms. The summed E-state index contributed by atoms with van der Waals surface area (Å²) in [6, 6.07) is 11.7. The van der Waals surface area contributed by atoms with E-state index in [1.807, 2.05) is 39.0 Å². The molecule has 1 unspecified atom stereocenters. The van der Waals surface area contributed by atoms with Crippen LogP contribution in [0.4, 0.5) is 4.79 Å². The fourth-order valence-corrected chi connectivity index (χ4v) is 5.04. The molecule has 31 heavy (non-hydrogen) atoms. The molecular weight excluding hydrogens is 408 g/mol. The smallest absolute Gasteiger partial charge is 0.408 e. The third-order valence-electron chi connectivity index (χ3n) is 5.51. The molecule has 1 aromatic heterocycles. The lowest BCUT2D eigenvalue weighted by molar-refractivity contribution is 0.0462. The molecule has 6 heteroatoms. The van der Waals surface area contributed by atoms with Crippen LogP contribution in [-0.2, 0) is 4.74 Å². The highest BCUT2D eigenvalue weighted by atomic mass is 32.1. The monoisotopic (exact) mass is 442 g/mol. The summed E-state index contributed by atoms with van der Waals surface area (Å²) in [5, 5.41) is 6.22.